The predicted molar refractivity (Wildman–Crippen MR) is 114 cm³/mol. The van der Waals surface area contributed by atoms with Crippen molar-refractivity contribution < 1.29 is 23.4 Å². The van der Waals surface area contributed by atoms with Crippen LogP contribution in [-0.2, 0) is 9.47 Å². The third-order valence-electron chi connectivity index (χ3n) is 6.24. The zero-order valence-corrected chi connectivity index (χ0v) is 18.6. The fourth-order valence-electron chi connectivity index (χ4n) is 4.69. The van der Waals surface area contributed by atoms with Gasteiger partial charge in [0.1, 0.15) is 11.9 Å². The van der Waals surface area contributed by atoms with E-state index in [0.717, 1.165) is 17.5 Å². The summed E-state index contributed by atoms with van der Waals surface area (Å²) >= 11 is 0. The lowest BCUT2D eigenvalue weighted by atomic mass is 9.78. The maximum atomic E-state index is 15.4. The molecule has 1 aromatic heterocycles. The molecule has 2 aliphatic heterocycles. The molecule has 2 aliphatic rings. The Morgan fingerprint density at radius 1 is 1.32 bits per heavy atom. The SMILES string of the molecule is COCCCOc1cc2c(cc1C)-c1c(F)c(=O)c(C(C)=O)cn1C1[C@@H]2OCC1(C)C. The zero-order valence-electron chi connectivity index (χ0n) is 18.6. The molecular weight excluding hydrogens is 401 g/mol. The lowest BCUT2D eigenvalue weighted by Gasteiger charge is -2.38. The van der Waals surface area contributed by atoms with Crippen LogP contribution < -0.4 is 10.2 Å². The number of aromatic nitrogens is 1. The topological polar surface area (TPSA) is 66.8 Å². The van der Waals surface area contributed by atoms with Crippen LogP contribution in [0.5, 0.6) is 5.75 Å². The van der Waals surface area contributed by atoms with Gasteiger partial charge in [-0.15, -0.1) is 0 Å². The number of nitrogens with zero attached hydrogens (tertiary/aromatic N) is 1. The van der Waals surface area contributed by atoms with Gasteiger partial charge in [-0.3, -0.25) is 9.59 Å². The average Bonchev–Trinajstić information content (AvgIpc) is 3.03. The molecule has 0 saturated carbocycles. The van der Waals surface area contributed by atoms with E-state index < -0.39 is 17.0 Å². The number of ketones is 1. The number of methoxy groups -OCH3 is 1. The number of carbonyl (C=O) groups is 1. The fourth-order valence-corrected chi connectivity index (χ4v) is 4.69. The van der Waals surface area contributed by atoms with Crippen LogP contribution in [0.1, 0.15) is 60.8 Å². The monoisotopic (exact) mass is 429 g/mol. The van der Waals surface area contributed by atoms with Gasteiger partial charge in [0.2, 0.25) is 5.43 Å². The molecule has 0 aliphatic carbocycles. The minimum absolute atomic E-state index is 0.138. The second kappa shape index (κ2) is 7.88. The van der Waals surface area contributed by atoms with E-state index >= 15 is 4.39 Å². The van der Waals surface area contributed by atoms with Crippen molar-refractivity contribution in [3.63, 3.8) is 0 Å². The number of hydrogen-bond acceptors (Lipinski definition) is 5. The number of fused-ring (bicyclic) bond motifs is 6. The molecule has 0 radical (unpaired) electrons. The van der Waals surface area contributed by atoms with Crippen molar-refractivity contribution in [3.8, 4) is 17.0 Å². The lowest BCUT2D eigenvalue weighted by Crippen LogP contribution is -2.34. The van der Waals surface area contributed by atoms with Gasteiger partial charge in [0, 0.05) is 37.3 Å². The van der Waals surface area contributed by atoms with Crippen molar-refractivity contribution in [2.45, 2.75) is 46.3 Å². The number of Topliss-reactive ketones (excluding diaryl/α,β-unsaturated/α-hetero) is 1. The first-order valence-corrected chi connectivity index (χ1v) is 10.5. The van der Waals surface area contributed by atoms with Gasteiger partial charge >= 0.3 is 0 Å². The number of rotatable bonds is 6. The van der Waals surface area contributed by atoms with E-state index in [2.05, 4.69) is 0 Å². The Labute approximate surface area is 180 Å². The third-order valence-corrected chi connectivity index (χ3v) is 6.24. The molecule has 31 heavy (non-hydrogen) atoms. The fraction of sp³-hybridized carbons (Fsp3) is 0.500. The van der Waals surface area contributed by atoms with Crippen LogP contribution in [0.25, 0.3) is 11.3 Å². The van der Waals surface area contributed by atoms with Crippen LogP contribution in [0.3, 0.4) is 0 Å². The largest absolute Gasteiger partial charge is 0.493 e. The molecule has 0 amide bonds. The minimum Gasteiger partial charge on any atom is -0.493 e. The predicted octanol–water partition coefficient (Wildman–Crippen LogP) is 4.23. The summed E-state index contributed by atoms with van der Waals surface area (Å²) in [4.78, 5) is 24.6. The number of aryl methyl sites for hydroxylation is 1. The van der Waals surface area contributed by atoms with Gasteiger partial charge in [0.25, 0.3) is 0 Å². The van der Waals surface area contributed by atoms with E-state index in [1.807, 2.05) is 32.9 Å². The highest BCUT2D eigenvalue weighted by molar-refractivity contribution is 5.94. The van der Waals surface area contributed by atoms with Gasteiger partial charge in [0.05, 0.1) is 30.5 Å². The van der Waals surface area contributed by atoms with Crippen LogP contribution >= 0.6 is 0 Å². The van der Waals surface area contributed by atoms with Gasteiger partial charge in [0.15, 0.2) is 11.6 Å². The maximum absolute atomic E-state index is 15.4. The van der Waals surface area contributed by atoms with Crippen LogP contribution in [0.4, 0.5) is 4.39 Å². The van der Waals surface area contributed by atoms with Crippen LogP contribution in [-0.4, -0.2) is 37.3 Å². The minimum atomic E-state index is -0.900. The number of hydrogen-bond donors (Lipinski definition) is 0. The molecule has 1 fully saturated rings. The molecule has 0 N–H and O–H groups in total. The van der Waals surface area contributed by atoms with Crippen molar-refractivity contribution in [1.29, 1.82) is 0 Å². The van der Waals surface area contributed by atoms with Crippen molar-refractivity contribution in [1.82, 2.24) is 4.57 Å². The first kappa shape index (κ1) is 21.7. The average molecular weight is 429 g/mol. The molecule has 0 bridgehead atoms. The maximum Gasteiger partial charge on any atom is 0.228 e. The first-order chi connectivity index (χ1) is 14.7. The van der Waals surface area contributed by atoms with Gasteiger partial charge in [-0.05, 0) is 37.1 Å². The molecule has 6 nitrogen and oxygen atoms in total. The van der Waals surface area contributed by atoms with Crippen molar-refractivity contribution in [2.24, 2.45) is 5.41 Å². The summed E-state index contributed by atoms with van der Waals surface area (Å²) in [6, 6.07) is 3.49. The van der Waals surface area contributed by atoms with Crippen molar-refractivity contribution in [2.75, 3.05) is 26.9 Å². The molecule has 4 rings (SSSR count). The molecule has 1 aromatic carbocycles. The van der Waals surface area contributed by atoms with Crippen LogP contribution in [0.2, 0.25) is 0 Å². The smallest absolute Gasteiger partial charge is 0.228 e. The number of benzene rings is 1. The summed E-state index contributed by atoms with van der Waals surface area (Å²) < 4.78 is 34.4. The molecule has 2 aromatic rings. The molecule has 1 saturated heterocycles. The quantitative estimate of drug-likeness (QED) is 0.508. The normalized spacial score (nSPS) is 20.7. The number of carbonyl (C=O) groups excluding carboxylic acids is 1. The van der Waals surface area contributed by atoms with E-state index in [1.54, 1.807) is 11.7 Å². The van der Waals surface area contributed by atoms with Crippen molar-refractivity contribution in [3.05, 3.63) is 51.1 Å². The van der Waals surface area contributed by atoms with E-state index in [4.69, 9.17) is 14.2 Å². The molecule has 166 valence electrons. The highest BCUT2D eigenvalue weighted by Crippen LogP contribution is 2.56. The van der Waals surface area contributed by atoms with E-state index in [0.29, 0.717) is 31.1 Å². The zero-order chi connectivity index (χ0) is 22.5. The van der Waals surface area contributed by atoms with Gasteiger partial charge in [-0.25, -0.2) is 4.39 Å². The summed E-state index contributed by atoms with van der Waals surface area (Å²) in [6.07, 6.45) is 1.93. The Morgan fingerprint density at radius 3 is 2.74 bits per heavy atom. The molecular formula is C24H28FNO5. The van der Waals surface area contributed by atoms with Crippen molar-refractivity contribution >= 4 is 5.78 Å². The van der Waals surface area contributed by atoms with E-state index in [9.17, 15) is 9.59 Å². The molecule has 7 heteroatoms. The Kier molecular flexibility index (Phi) is 5.52. The standard InChI is InChI=1S/C24H28FNO5/c1-13-9-15-16(10-18(13)30-8-6-7-29-5)22-23(24(3,4)12-31-22)26-11-17(14(2)27)21(28)19(25)20(15)26/h9-11,22-23H,6-8,12H2,1-5H3/t22-,23?/m1/s1. The Bertz CT molecular complexity index is 1100. The summed E-state index contributed by atoms with van der Waals surface area (Å²) in [6.45, 7) is 8.85. The second-order valence-corrected chi connectivity index (χ2v) is 9.06. The molecule has 3 heterocycles. The Morgan fingerprint density at radius 2 is 2.06 bits per heavy atom. The van der Waals surface area contributed by atoms with Crippen LogP contribution in [0, 0.1) is 18.2 Å². The van der Waals surface area contributed by atoms with Gasteiger partial charge < -0.3 is 18.8 Å². The first-order valence-electron chi connectivity index (χ1n) is 10.5. The summed E-state index contributed by atoms with van der Waals surface area (Å²) in [7, 11) is 1.65. The number of halogens is 1. The van der Waals surface area contributed by atoms with Gasteiger partial charge in [-0.2, -0.15) is 0 Å². The second-order valence-electron chi connectivity index (χ2n) is 9.06. The number of ether oxygens (including phenoxy) is 3. The highest BCUT2D eigenvalue weighted by Gasteiger charge is 2.49. The van der Waals surface area contributed by atoms with Gasteiger partial charge in [-0.1, -0.05) is 13.8 Å². The third kappa shape index (κ3) is 3.49. The van der Waals surface area contributed by atoms with Crippen LogP contribution in [0.15, 0.2) is 23.1 Å². The molecule has 2 atom stereocenters. The van der Waals surface area contributed by atoms with E-state index in [-0.39, 0.29) is 28.8 Å². The number of pyridine rings is 1. The molecule has 0 spiro atoms. The highest BCUT2D eigenvalue weighted by atomic mass is 19.1. The Hall–Kier alpha value is -2.51. The Balaban J connectivity index is 1.91. The summed E-state index contributed by atoms with van der Waals surface area (Å²) in [5.74, 6) is -0.643. The lowest BCUT2D eigenvalue weighted by molar-refractivity contribution is 0.0881. The van der Waals surface area contributed by atoms with E-state index in [1.165, 1.54) is 13.1 Å². The summed E-state index contributed by atoms with van der Waals surface area (Å²) in [5, 5.41) is 0. The molecule has 1 unspecified atom stereocenters. The summed E-state index contributed by atoms with van der Waals surface area (Å²) in [5.41, 5.74) is 1.12.